The zero-order valence-corrected chi connectivity index (χ0v) is 6.89. The van der Waals surface area contributed by atoms with Gasteiger partial charge in [0.05, 0.1) is 6.10 Å². The molecule has 1 rings (SSSR count). The number of nitrogens with one attached hydrogen (secondary N) is 1. The number of piperidine rings is 1. The maximum Gasteiger partial charge on any atom is 0.0624 e. The molecule has 60 valence electrons. The van der Waals surface area contributed by atoms with Gasteiger partial charge in [0.1, 0.15) is 0 Å². The first-order valence-corrected chi connectivity index (χ1v) is 4.17. The molecule has 1 aliphatic heterocycles. The number of hydrogen-bond donors (Lipinski definition) is 1. The number of ether oxygens (including phenoxy) is 1. The second-order valence-electron chi connectivity index (χ2n) is 2.96. The minimum Gasteiger partial charge on any atom is -0.378 e. The molecule has 1 aliphatic rings. The first kappa shape index (κ1) is 8.02. The highest BCUT2D eigenvalue weighted by Gasteiger charge is 2.20. The smallest absolute Gasteiger partial charge is 0.0624 e. The van der Waals surface area contributed by atoms with Crippen molar-refractivity contribution in [1.82, 2.24) is 5.32 Å². The molecule has 1 saturated heterocycles. The summed E-state index contributed by atoms with van der Waals surface area (Å²) in [5, 5.41) is 3.34. The minimum absolute atomic E-state index is 0.506. The predicted molar refractivity (Wildman–Crippen MR) is 42.1 cm³/mol. The molecule has 1 N–H and O–H groups in total. The summed E-state index contributed by atoms with van der Waals surface area (Å²) in [5.74, 6) is 0.689. The van der Waals surface area contributed by atoms with Crippen molar-refractivity contribution in [2.24, 2.45) is 5.92 Å². The molecular weight excluding hydrogens is 126 g/mol. The lowest BCUT2D eigenvalue weighted by atomic mass is 9.98. The van der Waals surface area contributed by atoms with Crippen LogP contribution in [0.5, 0.6) is 0 Å². The fourth-order valence-corrected chi connectivity index (χ4v) is 1.45. The van der Waals surface area contributed by atoms with E-state index >= 15 is 0 Å². The molecule has 0 aromatic carbocycles. The summed E-state index contributed by atoms with van der Waals surface area (Å²) < 4.78 is 5.56. The Bertz CT molecular complexity index is 93.3. The van der Waals surface area contributed by atoms with Crippen molar-refractivity contribution in [3.8, 4) is 0 Å². The van der Waals surface area contributed by atoms with Crippen molar-refractivity contribution in [3.05, 3.63) is 0 Å². The van der Waals surface area contributed by atoms with Gasteiger partial charge >= 0.3 is 0 Å². The zero-order valence-electron chi connectivity index (χ0n) is 6.89. The summed E-state index contributed by atoms with van der Waals surface area (Å²) in [4.78, 5) is 0. The maximum atomic E-state index is 5.56. The van der Waals surface area contributed by atoms with Crippen LogP contribution in [0.1, 0.15) is 20.3 Å². The van der Waals surface area contributed by atoms with Crippen LogP contribution in [-0.2, 0) is 4.74 Å². The Balaban J connectivity index is 2.25. The second-order valence-corrected chi connectivity index (χ2v) is 2.96. The van der Waals surface area contributed by atoms with Crippen LogP contribution >= 0.6 is 0 Å². The topological polar surface area (TPSA) is 21.3 Å². The molecule has 0 amide bonds. The number of rotatable bonds is 2. The van der Waals surface area contributed by atoms with E-state index in [4.69, 9.17) is 4.74 Å². The summed E-state index contributed by atoms with van der Waals surface area (Å²) in [7, 11) is 0. The van der Waals surface area contributed by atoms with Crippen molar-refractivity contribution in [3.63, 3.8) is 0 Å². The van der Waals surface area contributed by atoms with E-state index in [1.54, 1.807) is 0 Å². The summed E-state index contributed by atoms with van der Waals surface area (Å²) in [6, 6.07) is 0. The first-order chi connectivity index (χ1) is 4.84. The van der Waals surface area contributed by atoms with Crippen molar-refractivity contribution in [2.45, 2.75) is 26.4 Å². The molecule has 0 aliphatic carbocycles. The normalized spacial score (nSPS) is 34.2. The van der Waals surface area contributed by atoms with Gasteiger partial charge in [-0.2, -0.15) is 0 Å². The van der Waals surface area contributed by atoms with Crippen LogP contribution in [0.3, 0.4) is 0 Å². The highest BCUT2D eigenvalue weighted by molar-refractivity contribution is 4.74. The van der Waals surface area contributed by atoms with Gasteiger partial charge in [-0.25, -0.2) is 0 Å². The van der Waals surface area contributed by atoms with E-state index in [1.165, 1.54) is 6.42 Å². The summed E-state index contributed by atoms with van der Waals surface area (Å²) in [6.45, 7) is 7.40. The summed E-state index contributed by atoms with van der Waals surface area (Å²) in [6.07, 6.45) is 1.68. The van der Waals surface area contributed by atoms with Gasteiger partial charge in [-0.3, -0.25) is 0 Å². The van der Waals surface area contributed by atoms with E-state index in [1.807, 2.05) is 0 Å². The largest absolute Gasteiger partial charge is 0.378 e. The molecule has 2 atom stereocenters. The predicted octanol–water partition coefficient (Wildman–Crippen LogP) is 1.02. The first-order valence-electron chi connectivity index (χ1n) is 4.17. The van der Waals surface area contributed by atoms with Crippen molar-refractivity contribution in [2.75, 3.05) is 19.7 Å². The summed E-state index contributed by atoms with van der Waals surface area (Å²) in [5.41, 5.74) is 0. The quantitative estimate of drug-likeness (QED) is 0.623. The zero-order chi connectivity index (χ0) is 7.40. The Morgan fingerprint density at radius 2 is 2.40 bits per heavy atom. The standard InChI is InChI=1S/C8H17NO/c1-3-10-8-4-5-9-6-7(8)2/h7-9H,3-6H2,1-2H3/t7-,8+/m1/s1. The molecule has 0 radical (unpaired) electrons. The van der Waals surface area contributed by atoms with E-state index in [-0.39, 0.29) is 0 Å². The molecule has 10 heavy (non-hydrogen) atoms. The van der Waals surface area contributed by atoms with E-state index in [2.05, 4.69) is 19.2 Å². The third-order valence-corrected chi connectivity index (χ3v) is 2.09. The lowest BCUT2D eigenvalue weighted by Crippen LogP contribution is -2.39. The van der Waals surface area contributed by atoms with Gasteiger partial charge in [0.25, 0.3) is 0 Å². The Kier molecular flexibility index (Phi) is 3.16. The Hall–Kier alpha value is -0.0800. The fraction of sp³-hybridized carbons (Fsp3) is 1.00. The van der Waals surface area contributed by atoms with Gasteiger partial charge in [-0.1, -0.05) is 6.92 Å². The van der Waals surface area contributed by atoms with E-state index in [9.17, 15) is 0 Å². The van der Waals surface area contributed by atoms with Crippen LogP contribution in [0.25, 0.3) is 0 Å². The third kappa shape index (κ3) is 1.96. The molecule has 0 spiro atoms. The lowest BCUT2D eigenvalue weighted by Gasteiger charge is -2.28. The summed E-state index contributed by atoms with van der Waals surface area (Å²) >= 11 is 0. The van der Waals surface area contributed by atoms with E-state index in [0.29, 0.717) is 12.0 Å². The van der Waals surface area contributed by atoms with E-state index < -0.39 is 0 Å². The monoisotopic (exact) mass is 143 g/mol. The Labute approximate surface area is 63.0 Å². The van der Waals surface area contributed by atoms with Crippen LogP contribution in [0, 0.1) is 5.92 Å². The molecule has 2 heteroatoms. The van der Waals surface area contributed by atoms with Crippen LogP contribution in [0.15, 0.2) is 0 Å². The highest BCUT2D eigenvalue weighted by atomic mass is 16.5. The van der Waals surface area contributed by atoms with Gasteiger partial charge in [0.2, 0.25) is 0 Å². The number of hydrogen-bond acceptors (Lipinski definition) is 2. The van der Waals surface area contributed by atoms with Crippen LogP contribution in [-0.4, -0.2) is 25.8 Å². The SMILES string of the molecule is CCO[C@H]1CCNC[C@H]1C. The van der Waals surface area contributed by atoms with Crippen molar-refractivity contribution < 1.29 is 4.74 Å². The molecule has 1 fully saturated rings. The molecule has 1 heterocycles. The molecule has 2 nitrogen and oxygen atoms in total. The fourth-order valence-electron chi connectivity index (χ4n) is 1.45. The lowest BCUT2D eigenvalue weighted by molar-refractivity contribution is 0.00817. The maximum absolute atomic E-state index is 5.56. The highest BCUT2D eigenvalue weighted by Crippen LogP contribution is 2.13. The third-order valence-electron chi connectivity index (χ3n) is 2.09. The van der Waals surface area contributed by atoms with E-state index in [0.717, 1.165) is 19.7 Å². The van der Waals surface area contributed by atoms with Crippen LogP contribution in [0.4, 0.5) is 0 Å². The van der Waals surface area contributed by atoms with Crippen molar-refractivity contribution >= 4 is 0 Å². The van der Waals surface area contributed by atoms with Gasteiger partial charge < -0.3 is 10.1 Å². The molecular formula is C8H17NO. The van der Waals surface area contributed by atoms with Crippen LogP contribution in [0.2, 0.25) is 0 Å². The second kappa shape index (κ2) is 3.94. The minimum atomic E-state index is 0.506. The molecule has 0 bridgehead atoms. The Morgan fingerprint density at radius 1 is 1.60 bits per heavy atom. The average Bonchev–Trinajstić information content (AvgIpc) is 1.94. The van der Waals surface area contributed by atoms with Crippen molar-refractivity contribution in [1.29, 1.82) is 0 Å². The van der Waals surface area contributed by atoms with Gasteiger partial charge in [0, 0.05) is 13.2 Å². The average molecular weight is 143 g/mol. The van der Waals surface area contributed by atoms with Gasteiger partial charge in [-0.05, 0) is 25.8 Å². The Morgan fingerprint density at radius 3 is 3.00 bits per heavy atom. The molecule has 0 aromatic rings. The molecule has 0 unspecified atom stereocenters. The van der Waals surface area contributed by atoms with Gasteiger partial charge in [0.15, 0.2) is 0 Å². The van der Waals surface area contributed by atoms with Gasteiger partial charge in [-0.15, -0.1) is 0 Å². The molecule has 0 aromatic heterocycles. The van der Waals surface area contributed by atoms with Crippen LogP contribution < -0.4 is 5.32 Å². The molecule has 0 saturated carbocycles.